The number of hydrogen-bond donors (Lipinski definition) is 3. The van der Waals surface area contributed by atoms with Crippen LogP contribution in [0.1, 0.15) is 421 Å². The number of carbonyl (C=O) groups excluding carboxylic acids is 4. The minimum atomic E-state index is -4.96. The first-order valence-corrected chi connectivity index (χ1v) is 45.0. The van der Waals surface area contributed by atoms with Crippen molar-refractivity contribution in [3.63, 3.8) is 0 Å². The molecule has 0 aromatic rings. The molecule has 0 radical (unpaired) electrons. The van der Waals surface area contributed by atoms with E-state index in [0.717, 1.165) is 114 Å². The highest BCUT2D eigenvalue weighted by Gasteiger charge is 2.30. The second-order valence-electron chi connectivity index (χ2n) is 29.9. The first kappa shape index (κ1) is 98.1. The number of esters is 4. The van der Waals surface area contributed by atoms with Gasteiger partial charge in [0.1, 0.15) is 19.3 Å². The molecule has 0 aromatic carbocycles. The average molecular weight is 1470 g/mol. The number of phosphoric acid groups is 2. The Labute approximate surface area is 613 Å². The molecule has 8 atom stereocenters. The lowest BCUT2D eigenvalue weighted by molar-refractivity contribution is -0.161. The third-order valence-electron chi connectivity index (χ3n) is 20.0. The van der Waals surface area contributed by atoms with Crippen molar-refractivity contribution >= 4 is 39.5 Å². The molecule has 0 saturated carbocycles. The SMILES string of the molecule is CCCCCCCCCCCCCCCCCCCCC(=O)OC[C@H](COP(=O)(O)OC[C@@H](O)COP(=O)(O)OC[C@@H](COC(=O)CCCCCCCCC(C)CC)OC(=O)CCCCCCCCCCCCC(C)CC)OC(=O)CCCCCCCCCCCCCCCCC(C)CC. The van der Waals surface area contributed by atoms with Crippen molar-refractivity contribution in [2.24, 2.45) is 17.8 Å². The van der Waals surface area contributed by atoms with Crippen LogP contribution in [-0.4, -0.2) is 96.7 Å². The fourth-order valence-electron chi connectivity index (χ4n) is 12.4. The summed E-state index contributed by atoms with van der Waals surface area (Å²) in [6.45, 7) is 12.0. The molecule has 0 rings (SSSR count). The molecular weight excluding hydrogens is 1310 g/mol. The van der Waals surface area contributed by atoms with Crippen molar-refractivity contribution in [1.82, 2.24) is 0 Å². The molecular formula is C81H158O17P2. The van der Waals surface area contributed by atoms with Gasteiger partial charge in [0.15, 0.2) is 12.2 Å². The molecule has 100 heavy (non-hydrogen) atoms. The molecule has 0 aliphatic rings. The largest absolute Gasteiger partial charge is 0.472 e. The maximum absolute atomic E-state index is 13.1. The van der Waals surface area contributed by atoms with Crippen LogP contribution in [-0.2, 0) is 65.4 Å². The minimum absolute atomic E-state index is 0.105. The molecule has 0 saturated heterocycles. The van der Waals surface area contributed by atoms with Crippen LogP contribution in [0, 0.1) is 17.8 Å². The van der Waals surface area contributed by atoms with Crippen LogP contribution in [0.25, 0.3) is 0 Å². The van der Waals surface area contributed by atoms with Crippen LogP contribution in [0.4, 0.5) is 0 Å². The Kier molecular flexibility index (Phi) is 69.9. The van der Waals surface area contributed by atoms with E-state index >= 15 is 0 Å². The van der Waals surface area contributed by atoms with E-state index in [9.17, 15) is 43.2 Å². The van der Waals surface area contributed by atoms with E-state index in [2.05, 4.69) is 48.5 Å². The van der Waals surface area contributed by atoms with E-state index in [1.807, 2.05) is 0 Å². The quantitative estimate of drug-likeness (QED) is 0.0222. The number of rotatable bonds is 79. The Bertz CT molecular complexity index is 1950. The van der Waals surface area contributed by atoms with Crippen LogP contribution in [0.3, 0.4) is 0 Å². The third-order valence-corrected chi connectivity index (χ3v) is 21.9. The van der Waals surface area contributed by atoms with E-state index in [4.69, 9.17) is 37.0 Å². The highest BCUT2D eigenvalue weighted by atomic mass is 31.2. The fourth-order valence-corrected chi connectivity index (χ4v) is 14.0. The molecule has 3 N–H and O–H groups in total. The Morgan fingerprint density at radius 3 is 0.710 bits per heavy atom. The van der Waals surface area contributed by atoms with Gasteiger partial charge in [-0.25, -0.2) is 9.13 Å². The van der Waals surface area contributed by atoms with Crippen molar-refractivity contribution in [3.05, 3.63) is 0 Å². The summed E-state index contributed by atoms with van der Waals surface area (Å²) < 4.78 is 68.7. The van der Waals surface area contributed by atoms with Crippen molar-refractivity contribution in [1.29, 1.82) is 0 Å². The van der Waals surface area contributed by atoms with Crippen LogP contribution in [0.2, 0.25) is 0 Å². The second kappa shape index (κ2) is 71.3. The van der Waals surface area contributed by atoms with E-state index < -0.39 is 97.5 Å². The number of aliphatic hydroxyl groups excluding tert-OH is 1. The second-order valence-corrected chi connectivity index (χ2v) is 32.8. The van der Waals surface area contributed by atoms with Gasteiger partial charge in [-0.3, -0.25) is 37.3 Å². The van der Waals surface area contributed by atoms with Gasteiger partial charge in [0.2, 0.25) is 0 Å². The van der Waals surface area contributed by atoms with Gasteiger partial charge in [-0.05, 0) is 43.4 Å². The molecule has 594 valence electrons. The van der Waals surface area contributed by atoms with E-state index in [1.165, 1.54) is 225 Å². The number of ether oxygens (including phenoxy) is 4. The van der Waals surface area contributed by atoms with Gasteiger partial charge in [-0.15, -0.1) is 0 Å². The van der Waals surface area contributed by atoms with Crippen LogP contribution < -0.4 is 0 Å². The van der Waals surface area contributed by atoms with Gasteiger partial charge in [-0.1, -0.05) is 370 Å². The summed E-state index contributed by atoms with van der Waals surface area (Å²) in [5.74, 6) is 0.267. The number of unbranched alkanes of at least 4 members (excludes halogenated alkanes) is 44. The summed E-state index contributed by atoms with van der Waals surface area (Å²) in [6, 6.07) is 0. The predicted octanol–water partition coefficient (Wildman–Crippen LogP) is 24.1. The lowest BCUT2D eigenvalue weighted by atomic mass is 9.99. The Balaban J connectivity index is 5.25. The van der Waals surface area contributed by atoms with E-state index in [-0.39, 0.29) is 25.7 Å². The number of aliphatic hydroxyl groups is 1. The monoisotopic (exact) mass is 1470 g/mol. The summed E-state index contributed by atoms with van der Waals surface area (Å²) in [5.41, 5.74) is 0. The summed E-state index contributed by atoms with van der Waals surface area (Å²) in [4.78, 5) is 73.0. The summed E-state index contributed by atoms with van der Waals surface area (Å²) in [6.07, 6.45) is 59.6. The average Bonchev–Trinajstić information content (AvgIpc) is 2.22. The molecule has 17 nitrogen and oxygen atoms in total. The molecule has 0 fully saturated rings. The highest BCUT2D eigenvalue weighted by Crippen LogP contribution is 2.45. The van der Waals surface area contributed by atoms with Crippen molar-refractivity contribution in [2.75, 3.05) is 39.6 Å². The maximum Gasteiger partial charge on any atom is 0.472 e. The number of carbonyl (C=O) groups is 4. The van der Waals surface area contributed by atoms with Gasteiger partial charge in [-0.2, -0.15) is 0 Å². The third kappa shape index (κ3) is 70.4. The lowest BCUT2D eigenvalue weighted by Crippen LogP contribution is -2.30. The summed E-state index contributed by atoms with van der Waals surface area (Å²) in [7, 11) is -9.92. The zero-order valence-corrected chi connectivity index (χ0v) is 67.5. The van der Waals surface area contributed by atoms with Gasteiger partial charge < -0.3 is 33.8 Å². The standard InChI is InChI=1S/C81H158O17P2/c1-8-12-13-14-15-16-17-18-19-20-21-22-26-29-35-40-48-55-62-78(83)91-68-76(97-80(85)64-57-50-41-36-30-27-24-23-25-28-33-38-45-52-59-72(5)9-2)70-95-99(87,88)93-66-75(82)67-94-100(89,90)96-71-77(69-92-79(84)63-56-49-44-43-47-54-61-74(7)11-4)98-81(86)65-58-51-42-37-32-31-34-39-46-53-60-73(6)10-3/h72-77,82H,8-71H2,1-7H3,(H,87,88)(H,89,90)/t72?,73?,74?,75-,76-,77-/m1/s1. The smallest absolute Gasteiger partial charge is 0.462 e. The van der Waals surface area contributed by atoms with Gasteiger partial charge in [0.25, 0.3) is 0 Å². The molecule has 0 aromatic heterocycles. The van der Waals surface area contributed by atoms with Crippen molar-refractivity contribution < 1.29 is 80.2 Å². The van der Waals surface area contributed by atoms with E-state index in [1.54, 1.807) is 0 Å². The van der Waals surface area contributed by atoms with Crippen molar-refractivity contribution in [3.8, 4) is 0 Å². The summed E-state index contributed by atoms with van der Waals surface area (Å²) >= 11 is 0. The fraction of sp³-hybridized carbons (Fsp3) is 0.951. The first-order chi connectivity index (χ1) is 48.3. The van der Waals surface area contributed by atoms with Gasteiger partial charge in [0.05, 0.1) is 26.4 Å². The first-order valence-electron chi connectivity index (χ1n) is 42.0. The topological polar surface area (TPSA) is 237 Å². The molecule has 0 heterocycles. The van der Waals surface area contributed by atoms with Gasteiger partial charge in [0, 0.05) is 25.7 Å². The molecule has 0 aliphatic carbocycles. The Morgan fingerprint density at radius 2 is 0.480 bits per heavy atom. The lowest BCUT2D eigenvalue weighted by Gasteiger charge is -2.21. The molecule has 0 amide bonds. The zero-order chi connectivity index (χ0) is 73.7. The molecule has 0 bridgehead atoms. The number of phosphoric ester groups is 2. The summed E-state index contributed by atoms with van der Waals surface area (Å²) in [5, 5.41) is 10.6. The Hall–Kier alpha value is -1.94. The minimum Gasteiger partial charge on any atom is -0.462 e. The van der Waals surface area contributed by atoms with E-state index in [0.29, 0.717) is 25.7 Å². The normalized spacial score (nSPS) is 14.8. The van der Waals surface area contributed by atoms with Gasteiger partial charge >= 0.3 is 39.5 Å². The molecule has 0 aliphatic heterocycles. The van der Waals surface area contributed by atoms with Crippen LogP contribution in [0.15, 0.2) is 0 Å². The Morgan fingerprint density at radius 1 is 0.280 bits per heavy atom. The zero-order valence-electron chi connectivity index (χ0n) is 65.7. The molecule has 5 unspecified atom stereocenters. The predicted molar refractivity (Wildman–Crippen MR) is 409 cm³/mol. The highest BCUT2D eigenvalue weighted by molar-refractivity contribution is 7.47. The van der Waals surface area contributed by atoms with Crippen LogP contribution >= 0.6 is 15.6 Å². The number of hydrogen-bond acceptors (Lipinski definition) is 15. The van der Waals surface area contributed by atoms with Crippen molar-refractivity contribution in [2.45, 2.75) is 439 Å². The maximum atomic E-state index is 13.1. The molecule has 0 spiro atoms. The molecule has 19 heteroatoms. The van der Waals surface area contributed by atoms with Crippen LogP contribution in [0.5, 0.6) is 0 Å².